The molecule has 2 atom stereocenters. The molecule has 1 amide bonds. The summed E-state index contributed by atoms with van der Waals surface area (Å²) in [6.07, 6.45) is 1.42. The summed E-state index contributed by atoms with van der Waals surface area (Å²) in [6.45, 7) is 3.72. The highest BCUT2D eigenvalue weighted by Crippen LogP contribution is 2.37. The highest BCUT2D eigenvalue weighted by molar-refractivity contribution is 9.10. The first-order valence-corrected chi connectivity index (χ1v) is 7.95. The third kappa shape index (κ3) is 3.16. The lowest BCUT2D eigenvalue weighted by atomic mass is 10.1. The van der Waals surface area contributed by atoms with Crippen molar-refractivity contribution in [2.75, 3.05) is 19.8 Å². The minimum Gasteiger partial charge on any atom is -0.486 e. The number of nitrogens with one attached hydrogen (secondary N) is 1. The largest absolute Gasteiger partial charge is 0.486 e. The van der Waals surface area contributed by atoms with Crippen LogP contribution < -0.4 is 14.8 Å². The average Bonchev–Trinajstić information content (AvgIpc) is 3.00. The first kappa shape index (κ1) is 14.7. The Balaban J connectivity index is 1.74. The minimum absolute atomic E-state index is 0.0539. The molecule has 21 heavy (non-hydrogen) atoms. The maximum absolute atomic E-state index is 12.1. The molecule has 1 aromatic rings. The summed E-state index contributed by atoms with van der Waals surface area (Å²) in [5, 5.41) is 3.00. The van der Waals surface area contributed by atoms with Crippen molar-refractivity contribution in [2.24, 2.45) is 0 Å². The first-order chi connectivity index (χ1) is 10.1. The maximum atomic E-state index is 12.1. The van der Waals surface area contributed by atoms with Gasteiger partial charge in [0, 0.05) is 11.1 Å². The van der Waals surface area contributed by atoms with Crippen molar-refractivity contribution >= 4 is 21.8 Å². The zero-order chi connectivity index (χ0) is 14.8. The van der Waals surface area contributed by atoms with E-state index in [0.717, 1.165) is 34.4 Å². The first-order valence-electron chi connectivity index (χ1n) is 7.16. The molecule has 2 aliphatic heterocycles. The van der Waals surface area contributed by atoms with Crippen LogP contribution >= 0.6 is 15.9 Å². The second-order valence-electron chi connectivity index (χ2n) is 5.25. The van der Waals surface area contributed by atoms with Crippen LogP contribution in [0.5, 0.6) is 11.5 Å². The van der Waals surface area contributed by atoms with Crippen molar-refractivity contribution in [1.29, 1.82) is 0 Å². The monoisotopic (exact) mass is 355 g/mol. The molecule has 1 N–H and O–H groups in total. The van der Waals surface area contributed by atoms with Crippen LogP contribution in [0.4, 0.5) is 0 Å². The van der Waals surface area contributed by atoms with Crippen LogP contribution in [0, 0.1) is 0 Å². The molecule has 1 saturated heterocycles. The van der Waals surface area contributed by atoms with Gasteiger partial charge in [0.05, 0.1) is 6.04 Å². The zero-order valence-corrected chi connectivity index (χ0v) is 13.4. The molecule has 5 nitrogen and oxygen atoms in total. The van der Waals surface area contributed by atoms with Crippen molar-refractivity contribution in [3.05, 3.63) is 22.2 Å². The van der Waals surface area contributed by atoms with E-state index in [1.54, 1.807) is 0 Å². The van der Waals surface area contributed by atoms with E-state index in [0.29, 0.717) is 19.8 Å². The van der Waals surface area contributed by atoms with Crippen LogP contribution in [0.3, 0.4) is 0 Å². The molecule has 3 rings (SSSR count). The van der Waals surface area contributed by atoms with Gasteiger partial charge in [-0.2, -0.15) is 0 Å². The second kappa shape index (κ2) is 6.23. The van der Waals surface area contributed by atoms with Gasteiger partial charge >= 0.3 is 0 Å². The number of hydrogen-bond donors (Lipinski definition) is 1. The number of carbonyl (C=O) groups is 1. The summed E-state index contributed by atoms with van der Waals surface area (Å²) < 4.78 is 17.4. The number of carbonyl (C=O) groups excluding carboxylic acids is 1. The summed E-state index contributed by atoms with van der Waals surface area (Å²) >= 11 is 3.53. The Morgan fingerprint density at radius 2 is 2.00 bits per heavy atom. The quantitative estimate of drug-likeness (QED) is 0.905. The van der Waals surface area contributed by atoms with Gasteiger partial charge in [-0.25, -0.2) is 0 Å². The highest BCUT2D eigenvalue weighted by Gasteiger charge is 2.26. The normalized spacial score (nSPS) is 21.9. The molecule has 0 saturated carbocycles. The van der Waals surface area contributed by atoms with Gasteiger partial charge in [-0.1, -0.05) is 15.9 Å². The fourth-order valence-electron chi connectivity index (χ4n) is 2.58. The van der Waals surface area contributed by atoms with Crippen molar-refractivity contribution in [3.8, 4) is 11.5 Å². The Morgan fingerprint density at radius 1 is 1.29 bits per heavy atom. The fraction of sp³-hybridized carbons (Fsp3) is 0.533. The summed E-state index contributed by atoms with van der Waals surface area (Å²) in [5.41, 5.74) is 0.964. The van der Waals surface area contributed by atoms with Gasteiger partial charge in [0.25, 0.3) is 0 Å². The van der Waals surface area contributed by atoms with E-state index in [1.165, 1.54) is 0 Å². The number of hydrogen-bond acceptors (Lipinski definition) is 4. The SMILES string of the molecule is C[C@H](NC(=O)[C@H]1CCCO1)c1cc2c(cc1Br)OCCO2. The molecule has 0 unspecified atom stereocenters. The molecule has 0 bridgehead atoms. The van der Waals surface area contributed by atoms with Gasteiger partial charge in [-0.3, -0.25) is 4.79 Å². The number of benzene rings is 1. The molecule has 0 aromatic heterocycles. The number of amides is 1. The van der Waals surface area contributed by atoms with E-state index in [1.807, 2.05) is 19.1 Å². The molecular formula is C15H18BrNO4. The zero-order valence-electron chi connectivity index (χ0n) is 11.9. The Kier molecular flexibility index (Phi) is 4.35. The van der Waals surface area contributed by atoms with Crippen LogP contribution in [0.15, 0.2) is 16.6 Å². The molecule has 2 heterocycles. The Bertz CT molecular complexity index is 543. The molecule has 114 valence electrons. The maximum Gasteiger partial charge on any atom is 0.249 e. The predicted octanol–water partition coefficient (Wildman–Crippen LogP) is 2.58. The summed E-state index contributed by atoms with van der Waals surface area (Å²) in [6, 6.07) is 3.67. The van der Waals surface area contributed by atoms with E-state index in [4.69, 9.17) is 14.2 Å². The summed E-state index contributed by atoms with van der Waals surface area (Å²) in [7, 11) is 0. The molecule has 0 radical (unpaired) electrons. The lowest BCUT2D eigenvalue weighted by molar-refractivity contribution is -0.130. The minimum atomic E-state index is -0.316. The van der Waals surface area contributed by atoms with Crippen molar-refractivity contribution in [3.63, 3.8) is 0 Å². The lowest BCUT2D eigenvalue weighted by Gasteiger charge is -2.23. The molecule has 2 aliphatic rings. The van der Waals surface area contributed by atoms with Gasteiger partial charge in [0.1, 0.15) is 19.3 Å². The lowest BCUT2D eigenvalue weighted by Crippen LogP contribution is -2.36. The van der Waals surface area contributed by atoms with E-state index in [9.17, 15) is 4.79 Å². The van der Waals surface area contributed by atoms with E-state index in [2.05, 4.69) is 21.2 Å². The fourth-order valence-corrected chi connectivity index (χ4v) is 3.25. The molecule has 0 aliphatic carbocycles. The van der Waals surface area contributed by atoms with Gasteiger partial charge in [-0.15, -0.1) is 0 Å². The van der Waals surface area contributed by atoms with Crippen LogP contribution in [0.2, 0.25) is 0 Å². The molecule has 0 spiro atoms. The van der Waals surface area contributed by atoms with Crippen molar-refractivity contribution in [2.45, 2.75) is 31.9 Å². The van der Waals surface area contributed by atoms with Crippen molar-refractivity contribution < 1.29 is 19.0 Å². The second-order valence-corrected chi connectivity index (χ2v) is 6.10. The third-order valence-electron chi connectivity index (χ3n) is 3.71. The highest BCUT2D eigenvalue weighted by atomic mass is 79.9. The van der Waals surface area contributed by atoms with E-state index < -0.39 is 0 Å². The third-order valence-corrected chi connectivity index (χ3v) is 4.40. The number of ether oxygens (including phenoxy) is 3. The van der Waals surface area contributed by atoms with E-state index in [-0.39, 0.29) is 18.1 Å². The molecule has 1 aromatic carbocycles. The molecule has 1 fully saturated rings. The molecular weight excluding hydrogens is 338 g/mol. The Labute approximate surface area is 132 Å². The van der Waals surface area contributed by atoms with Gasteiger partial charge in [0.2, 0.25) is 5.91 Å². The van der Waals surface area contributed by atoms with E-state index >= 15 is 0 Å². The summed E-state index contributed by atoms with van der Waals surface area (Å²) in [4.78, 5) is 12.1. The average molecular weight is 356 g/mol. The van der Waals surface area contributed by atoms with Crippen molar-refractivity contribution in [1.82, 2.24) is 5.32 Å². The topological polar surface area (TPSA) is 56.8 Å². The predicted molar refractivity (Wildman–Crippen MR) is 80.7 cm³/mol. The van der Waals surface area contributed by atoms with Gasteiger partial charge < -0.3 is 19.5 Å². The van der Waals surface area contributed by atoms with Crippen LogP contribution in [-0.4, -0.2) is 31.8 Å². The number of rotatable bonds is 3. The summed E-state index contributed by atoms with van der Waals surface area (Å²) in [5.74, 6) is 1.40. The number of halogens is 1. The Morgan fingerprint density at radius 3 is 2.67 bits per heavy atom. The van der Waals surface area contributed by atoms with Gasteiger partial charge in [-0.05, 0) is 37.5 Å². The smallest absolute Gasteiger partial charge is 0.249 e. The van der Waals surface area contributed by atoms with Crippen LogP contribution in [0.25, 0.3) is 0 Å². The standard InChI is InChI=1S/C15H18BrNO4/c1-9(17-15(18)12-3-2-4-19-12)10-7-13-14(8-11(10)16)21-6-5-20-13/h7-9,12H,2-6H2,1H3,(H,17,18)/t9-,12+/m0/s1. The van der Waals surface area contributed by atoms with Crippen LogP contribution in [0.1, 0.15) is 31.4 Å². The molecule has 6 heteroatoms. The number of fused-ring (bicyclic) bond motifs is 1. The Hall–Kier alpha value is -1.27. The van der Waals surface area contributed by atoms with Crippen LogP contribution in [-0.2, 0) is 9.53 Å². The van der Waals surface area contributed by atoms with Gasteiger partial charge in [0.15, 0.2) is 11.5 Å².